The average Bonchev–Trinajstić information content (AvgIpc) is 2.52. The van der Waals surface area contributed by atoms with Gasteiger partial charge in [0.05, 0.1) is 0 Å². The first kappa shape index (κ1) is 16.1. The van der Waals surface area contributed by atoms with Gasteiger partial charge in [0.1, 0.15) is 5.75 Å². The van der Waals surface area contributed by atoms with Crippen molar-refractivity contribution in [2.75, 3.05) is 11.9 Å². The first-order valence-corrected chi connectivity index (χ1v) is 7.59. The molecule has 0 aliphatic carbocycles. The number of aryl methyl sites for hydroxylation is 3. The van der Waals surface area contributed by atoms with Crippen LogP contribution in [0.15, 0.2) is 36.4 Å². The van der Waals surface area contributed by atoms with Crippen molar-refractivity contribution in [1.82, 2.24) is 0 Å². The molecule has 0 aliphatic heterocycles. The number of nitrogens with one attached hydrogen (secondary N) is 1. The lowest BCUT2D eigenvalue weighted by atomic mass is 10.1. The summed E-state index contributed by atoms with van der Waals surface area (Å²) in [5.41, 5.74) is 5.34. The van der Waals surface area contributed by atoms with E-state index in [1.807, 2.05) is 51.1 Å². The Balaban J connectivity index is 1.97. The topological polar surface area (TPSA) is 38.3 Å². The van der Waals surface area contributed by atoms with Crippen molar-refractivity contribution in [3.63, 3.8) is 0 Å². The Kier molecular flexibility index (Phi) is 5.21. The maximum absolute atomic E-state index is 12.0. The lowest BCUT2D eigenvalue weighted by Gasteiger charge is -2.14. The van der Waals surface area contributed by atoms with Crippen molar-refractivity contribution < 1.29 is 9.53 Å². The molecule has 2 aromatic rings. The molecule has 3 nitrogen and oxygen atoms in total. The molecule has 22 heavy (non-hydrogen) atoms. The summed E-state index contributed by atoms with van der Waals surface area (Å²) in [5.74, 6) is 0.654. The molecule has 0 unspecified atom stereocenters. The number of benzene rings is 2. The van der Waals surface area contributed by atoms with Gasteiger partial charge in [-0.2, -0.15) is 0 Å². The lowest BCUT2D eigenvalue weighted by Crippen LogP contribution is -2.20. The first-order valence-electron chi connectivity index (χ1n) is 7.59. The van der Waals surface area contributed by atoms with E-state index in [4.69, 9.17) is 4.74 Å². The summed E-state index contributed by atoms with van der Waals surface area (Å²) in [6, 6.07) is 11.9. The van der Waals surface area contributed by atoms with Crippen molar-refractivity contribution in [3.8, 4) is 5.75 Å². The molecule has 3 heteroatoms. The number of amides is 1. The van der Waals surface area contributed by atoms with Crippen LogP contribution in [0.25, 0.3) is 0 Å². The van der Waals surface area contributed by atoms with Crippen molar-refractivity contribution in [1.29, 1.82) is 0 Å². The van der Waals surface area contributed by atoms with Crippen molar-refractivity contribution in [2.24, 2.45) is 0 Å². The number of hydrogen-bond donors (Lipinski definition) is 1. The Hall–Kier alpha value is -2.29. The minimum absolute atomic E-state index is 0.0145. The fraction of sp³-hybridized carbons (Fsp3) is 0.316. The predicted octanol–water partition coefficient (Wildman–Crippen LogP) is 4.19. The van der Waals surface area contributed by atoms with Crippen LogP contribution in [0.3, 0.4) is 0 Å². The van der Waals surface area contributed by atoms with Crippen LogP contribution in [0.5, 0.6) is 5.75 Å². The second kappa shape index (κ2) is 7.12. The standard InChI is InChI=1S/C19H23NO2/c1-5-16-8-10-17(11-9-16)20-18(21)12-22-19-14(3)7-6-13(2)15(19)4/h6-11H,5,12H2,1-4H3,(H,20,21). The number of anilines is 1. The summed E-state index contributed by atoms with van der Waals surface area (Å²) in [7, 11) is 0. The molecule has 1 N–H and O–H groups in total. The number of carbonyl (C=O) groups excluding carboxylic acids is 1. The highest BCUT2D eigenvalue weighted by Gasteiger charge is 2.09. The summed E-state index contributed by atoms with van der Waals surface area (Å²) in [4.78, 5) is 12.0. The summed E-state index contributed by atoms with van der Waals surface area (Å²) in [6.07, 6.45) is 0.989. The number of carbonyl (C=O) groups is 1. The Labute approximate surface area is 132 Å². The number of rotatable bonds is 5. The monoisotopic (exact) mass is 297 g/mol. The van der Waals surface area contributed by atoms with Gasteiger partial charge in [-0.25, -0.2) is 0 Å². The van der Waals surface area contributed by atoms with E-state index >= 15 is 0 Å². The van der Waals surface area contributed by atoms with Crippen LogP contribution < -0.4 is 10.1 Å². The Morgan fingerprint density at radius 2 is 1.64 bits per heavy atom. The minimum atomic E-state index is -0.149. The van der Waals surface area contributed by atoms with E-state index in [0.717, 1.165) is 34.5 Å². The summed E-state index contributed by atoms with van der Waals surface area (Å²) < 4.78 is 5.72. The quantitative estimate of drug-likeness (QED) is 0.898. The zero-order valence-electron chi connectivity index (χ0n) is 13.7. The van der Waals surface area contributed by atoms with Gasteiger partial charge in [0, 0.05) is 5.69 Å². The molecule has 0 saturated carbocycles. The zero-order chi connectivity index (χ0) is 16.1. The fourth-order valence-corrected chi connectivity index (χ4v) is 2.31. The van der Waals surface area contributed by atoms with Crippen LogP contribution in [-0.2, 0) is 11.2 Å². The van der Waals surface area contributed by atoms with Crippen molar-refractivity contribution >= 4 is 11.6 Å². The van der Waals surface area contributed by atoms with Crippen LogP contribution in [0, 0.1) is 20.8 Å². The third-order valence-electron chi connectivity index (χ3n) is 3.87. The highest BCUT2D eigenvalue weighted by Crippen LogP contribution is 2.25. The van der Waals surface area contributed by atoms with E-state index in [0.29, 0.717) is 0 Å². The summed E-state index contributed by atoms with van der Waals surface area (Å²) in [5, 5.41) is 2.85. The smallest absolute Gasteiger partial charge is 0.262 e. The van der Waals surface area contributed by atoms with Gasteiger partial charge in [0.15, 0.2) is 6.61 Å². The number of ether oxygens (including phenoxy) is 1. The van der Waals surface area contributed by atoms with Crippen LogP contribution in [0.1, 0.15) is 29.2 Å². The van der Waals surface area contributed by atoms with E-state index in [1.165, 1.54) is 5.56 Å². The van der Waals surface area contributed by atoms with Crippen LogP contribution in [-0.4, -0.2) is 12.5 Å². The molecular weight excluding hydrogens is 274 g/mol. The maximum Gasteiger partial charge on any atom is 0.262 e. The predicted molar refractivity (Wildman–Crippen MR) is 90.6 cm³/mol. The van der Waals surface area contributed by atoms with E-state index in [-0.39, 0.29) is 12.5 Å². The third kappa shape index (κ3) is 3.88. The van der Waals surface area contributed by atoms with E-state index in [2.05, 4.69) is 18.3 Å². The molecule has 0 aromatic heterocycles. The van der Waals surface area contributed by atoms with Crippen LogP contribution in [0.2, 0.25) is 0 Å². The van der Waals surface area contributed by atoms with Gasteiger partial charge in [0.2, 0.25) is 0 Å². The average molecular weight is 297 g/mol. The van der Waals surface area contributed by atoms with E-state index < -0.39 is 0 Å². The van der Waals surface area contributed by atoms with Crippen LogP contribution >= 0.6 is 0 Å². The highest BCUT2D eigenvalue weighted by atomic mass is 16.5. The molecule has 0 fully saturated rings. The normalized spacial score (nSPS) is 10.4. The van der Waals surface area contributed by atoms with Crippen molar-refractivity contribution in [2.45, 2.75) is 34.1 Å². The molecule has 0 saturated heterocycles. The molecule has 1 amide bonds. The molecule has 0 aliphatic rings. The SMILES string of the molecule is CCc1ccc(NC(=O)COc2c(C)ccc(C)c2C)cc1. The van der Waals surface area contributed by atoms with Crippen molar-refractivity contribution in [3.05, 3.63) is 58.7 Å². The Morgan fingerprint density at radius 3 is 2.27 bits per heavy atom. The van der Waals surface area contributed by atoms with Crippen LogP contribution in [0.4, 0.5) is 5.69 Å². The second-order valence-electron chi connectivity index (χ2n) is 5.54. The van der Waals surface area contributed by atoms with Gasteiger partial charge in [-0.05, 0) is 61.6 Å². The van der Waals surface area contributed by atoms with Gasteiger partial charge in [-0.15, -0.1) is 0 Å². The molecule has 0 atom stereocenters. The lowest BCUT2D eigenvalue weighted by molar-refractivity contribution is -0.118. The van der Waals surface area contributed by atoms with Gasteiger partial charge in [0.25, 0.3) is 5.91 Å². The zero-order valence-corrected chi connectivity index (χ0v) is 13.7. The van der Waals surface area contributed by atoms with Gasteiger partial charge in [-0.1, -0.05) is 31.2 Å². The first-order chi connectivity index (χ1) is 10.5. The maximum atomic E-state index is 12.0. The molecule has 0 bridgehead atoms. The van der Waals surface area contributed by atoms with Gasteiger partial charge in [-0.3, -0.25) is 4.79 Å². The van der Waals surface area contributed by atoms with Gasteiger partial charge >= 0.3 is 0 Å². The largest absolute Gasteiger partial charge is 0.483 e. The Bertz CT molecular complexity index is 660. The molecule has 2 rings (SSSR count). The number of hydrogen-bond acceptors (Lipinski definition) is 2. The summed E-state index contributed by atoms with van der Waals surface area (Å²) in [6.45, 7) is 8.16. The highest BCUT2D eigenvalue weighted by molar-refractivity contribution is 5.91. The molecule has 0 radical (unpaired) electrons. The molecule has 0 heterocycles. The molecule has 0 spiro atoms. The Morgan fingerprint density at radius 1 is 1.00 bits per heavy atom. The molecular formula is C19H23NO2. The molecule has 2 aromatic carbocycles. The fourth-order valence-electron chi connectivity index (χ4n) is 2.31. The van der Waals surface area contributed by atoms with E-state index in [9.17, 15) is 4.79 Å². The minimum Gasteiger partial charge on any atom is -0.483 e. The third-order valence-corrected chi connectivity index (χ3v) is 3.87. The van der Waals surface area contributed by atoms with E-state index in [1.54, 1.807) is 0 Å². The van der Waals surface area contributed by atoms with Gasteiger partial charge < -0.3 is 10.1 Å². The second-order valence-corrected chi connectivity index (χ2v) is 5.54. The molecule has 116 valence electrons. The summed E-state index contributed by atoms with van der Waals surface area (Å²) >= 11 is 0.